The van der Waals surface area contributed by atoms with Crippen LogP contribution in [0.3, 0.4) is 0 Å². The van der Waals surface area contributed by atoms with Crippen molar-refractivity contribution in [2.45, 2.75) is 6.04 Å². The maximum atomic E-state index is 13.6. The maximum Gasteiger partial charge on any atom is 0.163 e. The van der Waals surface area contributed by atoms with Crippen molar-refractivity contribution in [3.63, 3.8) is 0 Å². The second-order valence-electron chi connectivity index (χ2n) is 3.62. The van der Waals surface area contributed by atoms with Crippen LogP contribution in [0, 0.1) is 11.6 Å². The van der Waals surface area contributed by atoms with Crippen molar-refractivity contribution in [2.75, 3.05) is 0 Å². The van der Waals surface area contributed by atoms with E-state index in [9.17, 15) is 8.78 Å². The van der Waals surface area contributed by atoms with Crippen LogP contribution in [0.15, 0.2) is 28.9 Å². The zero-order chi connectivity index (χ0) is 12.6. The third-order valence-corrected chi connectivity index (χ3v) is 3.16. The van der Waals surface area contributed by atoms with Crippen molar-refractivity contribution in [1.29, 1.82) is 0 Å². The molecule has 2 N–H and O–H groups in total. The number of benzene rings is 1. The minimum absolute atomic E-state index is 0.106. The Morgan fingerprint density at radius 3 is 2.71 bits per heavy atom. The van der Waals surface area contributed by atoms with Gasteiger partial charge in [0.15, 0.2) is 11.6 Å². The van der Waals surface area contributed by atoms with Crippen LogP contribution in [-0.2, 0) is 7.05 Å². The zero-order valence-corrected chi connectivity index (χ0v) is 10.6. The molecule has 17 heavy (non-hydrogen) atoms. The predicted molar refractivity (Wildman–Crippen MR) is 63.3 cm³/mol. The summed E-state index contributed by atoms with van der Waals surface area (Å²) in [6.07, 6.45) is 1.56. The topological polar surface area (TPSA) is 43.8 Å². The first-order valence-electron chi connectivity index (χ1n) is 4.89. The highest BCUT2D eigenvalue weighted by Crippen LogP contribution is 2.28. The summed E-state index contributed by atoms with van der Waals surface area (Å²) >= 11 is 3.28. The molecule has 0 aliphatic heterocycles. The molecule has 0 spiro atoms. The molecule has 0 saturated carbocycles. The van der Waals surface area contributed by atoms with E-state index in [-0.39, 0.29) is 5.56 Å². The van der Waals surface area contributed by atoms with Crippen LogP contribution in [0.1, 0.15) is 17.3 Å². The second kappa shape index (κ2) is 4.54. The summed E-state index contributed by atoms with van der Waals surface area (Å²) in [6.45, 7) is 0. The molecule has 0 aliphatic rings. The molecule has 1 aromatic heterocycles. The van der Waals surface area contributed by atoms with E-state index >= 15 is 0 Å². The second-order valence-corrected chi connectivity index (χ2v) is 4.48. The average Bonchev–Trinajstić information content (AvgIpc) is 2.62. The lowest BCUT2D eigenvalue weighted by atomic mass is 10.0. The summed E-state index contributed by atoms with van der Waals surface area (Å²) in [6, 6.07) is 3.18. The van der Waals surface area contributed by atoms with E-state index in [0.717, 1.165) is 6.07 Å². The molecule has 2 rings (SSSR count). The van der Waals surface area contributed by atoms with Gasteiger partial charge >= 0.3 is 0 Å². The van der Waals surface area contributed by atoms with Crippen molar-refractivity contribution >= 4 is 15.9 Å². The standard InChI is InChI=1S/C11H10BrF2N3/c1-17-11(7(12)5-16-17)10(15)6-3-2-4-8(13)9(6)14/h2-5,10H,15H2,1H3. The molecule has 6 heteroatoms. The van der Waals surface area contributed by atoms with Crippen molar-refractivity contribution < 1.29 is 8.78 Å². The van der Waals surface area contributed by atoms with Gasteiger partial charge in [-0.3, -0.25) is 4.68 Å². The Hall–Kier alpha value is -1.27. The minimum Gasteiger partial charge on any atom is -0.319 e. The molecular weight excluding hydrogens is 292 g/mol. The Morgan fingerprint density at radius 2 is 2.12 bits per heavy atom. The van der Waals surface area contributed by atoms with E-state index in [4.69, 9.17) is 5.73 Å². The van der Waals surface area contributed by atoms with E-state index in [0.29, 0.717) is 10.2 Å². The molecule has 1 aromatic carbocycles. The zero-order valence-electron chi connectivity index (χ0n) is 8.99. The van der Waals surface area contributed by atoms with Crippen LogP contribution in [0.25, 0.3) is 0 Å². The van der Waals surface area contributed by atoms with Crippen LogP contribution in [0.5, 0.6) is 0 Å². The van der Waals surface area contributed by atoms with Crippen molar-refractivity contribution in [3.05, 3.63) is 51.8 Å². The fraction of sp³-hybridized carbons (Fsp3) is 0.182. The smallest absolute Gasteiger partial charge is 0.163 e. The lowest BCUT2D eigenvalue weighted by Gasteiger charge is -2.14. The minimum atomic E-state index is -0.923. The average molecular weight is 302 g/mol. The van der Waals surface area contributed by atoms with Crippen molar-refractivity contribution in [1.82, 2.24) is 9.78 Å². The highest BCUT2D eigenvalue weighted by atomic mass is 79.9. The third kappa shape index (κ3) is 2.10. The fourth-order valence-corrected chi connectivity index (χ4v) is 2.27. The summed E-state index contributed by atoms with van der Waals surface area (Å²) < 4.78 is 28.9. The van der Waals surface area contributed by atoms with Gasteiger partial charge in [0.1, 0.15) is 0 Å². The van der Waals surface area contributed by atoms with Crippen LogP contribution >= 0.6 is 15.9 Å². The van der Waals surface area contributed by atoms with E-state index in [1.165, 1.54) is 16.8 Å². The normalized spacial score (nSPS) is 12.8. The third-order valence-electron chi connectivity index (χ3n) is 2.55. The first kappa shape index (κ1) is 12.2. The number of hydrogen-bond donors (Lipinski definition) is 1. The van der Waals surface area contributed by atoms with Crippen LogP contribution in [0.2, 0.25) is 0 Å². The first-order chi connectivity index (χ1) is 8.02. The Bertz CT molecular complexity index is 534. The van der Waals surface area contributed by atoms with Gasteiger partial charge in [-0.25, -0.2) is 8.78 Å². The molecule has 0 radical (unpaired) electrons. The van der Waals surface area contributed by atoms with Crippen LogP contribution in [0.4, 0.5) is 8.78 Å². The van der Waals surface area contributed by atoms with Gasteiger partial charge in [0.25, 0.3) is 0 Å². The Kier molecular flexibility index (Phi) is 3.26. The molecule has 0 aliphatic carbocycles. The maximum absolute atomic E-state index is 13.6. The van der Waals surface area contributed by atoms with Gasteiger partial charge in [0.05, 0.1) is 22.4 Å². The highest BCUT2D eigenvalue weighted by Gasteiger charge is 2.21. The Morgan fingerprint density at radius 1 is 1.41 bits per heavy atom. The van der Waals surface area contributed by atoms with Gasteiger partial charge in [0, 0.05) is 12.6 Å². The summed E-state index contributed by atoms with van der Waals surface area (Å²) in [5.74, 6) is -1.83. The molecule has 1 atom stereocenters. The number of nitrogens with zero attached hydrogens (tertiary/aromatic N) is 2. The number of aryl methyl sites for hydroxylation is 1. The number of nitrogens with two attached hydrogens (primary N) is 1. The quantitative estimate of drug-likeness (QED) is 0.926. The van der Waals surface area contributed by atoms with E-state index in [1.807, 2.05) is 0 Å². The number of halogens is 3. The molecule has 1 unspecified atom stereocenters. The summed E-state index contributed by atoms with van der Waals surface area (Å²) in [5, 5.41) is 3.99. The Labute approximate surface area is 105 Å². The van der Waals surface area contributed by atoms with E-state index in [1.54, 1.807) is 13.2 Å². The summed E-state index contributed by atoms with van der Waals surface area (Å²) in [5.41, 5.74) is 6.63. The molecular formula is C11H10BrF2N3. The highest BCUT2D eigenvalue weighted by molar-refractivity contribution is 9.10. The number of aromatic nitrogens is 2. The SMILES string of the molecule is Cn1ncc(Br)c1C(N)c1cccc(F)c1F. The van der Waals surface area contributed by atoms with Crippen LogP contribution in [-0.4, -0.2) is 9.78 Å². The molecule has 90 valence electrons. The summed E-state index contributed by atoms with van der Waals surface area (Å²) in [7, 11) is 1.69. The Balaban J connectivity index is 2.51. The van der Waals surface area contributed by atoms with Gasteiger partial charge in [-0.15, -0.1) is 0 Å². The van der Waals surface area contributed by atoms with Gasteiger partial charge < -0.3 is 5.73 Å². The van der Waals surface area contributed by atoms with E-state index in [2.05, 4.69) is 21.0 Å². The molecule has 1 heterocycles. The van der Waals surface area contributed by atoms with Gasteiger partial charge in [-0.1, -0.05) is 12.1 Å². The first-order valence-corrected chi connectivity index (χ1v) is 5.68. The predicted octanol–water partition coefficient (Wildman–Crippen LogP) is 2.51. The van der Waals surface area contributed by atoms with Gasteiger partial charge in [-0.2, -0.15) is 5.10 Å². The number of rotatable bonds is 2. The van der Waals surface area contributed by atoms with Crippen molar-refractivity contribution in [3.8, 4) is 0 Å². The number of hydrogen-bond acceptors (Lipinski definition) is 2. The molecule has 0 fully saturated rings. The molecule has 0 saturated heterocycles. The van der Waals surface area contributed by atoms with E-state index < -0.39 is 17.7 Å². The van der Waals surface area contributed by atoms with Gasteiger partial charge in [-0.05, 0) is 22.0 Å². The molecule has 0 bridgehead atoms. The van der Waals surface area contributed by atoms with Crippen LogP contribution < -0.4 is 5.73 Å². The van der Waals surface area contributed by atoms with Gasteiger partial charge in [0.2, 0.25) is 0 Å². The van der Waals surface area contributed by atoms with Crippen molar-refractivity contribution in [2.24, 2.45) is 12.8 Å². The fourth-order valence-electron chi connectivity index (χ4n) is 1.68. The lowest BCUT2D eigenvalue weighted by molar-refractivity contribution is 0.491. The molecule has 2 aromatic rings. The monoisotopic (exact) mass is 301 g/mol. The lowest BCUT2D eigenvalue weighted by Crippen LogP contribution is -2.18. The largest absolute Gasteiger partial charge is 0.319 e. The molecule has 0 amide bonds. The summed E-state index contributed by atoms with van der Waals surface area (Å²) in [4.78, 5) is 0. The molecule has 3 nitrogen and oxygen atoms in total.